The van der Waals surface area contributed by atoms with E-state index >= 15 is 0 Å². The fourth-order valence-corrected chi connectivity index (χ4v) is 3.52. The van der Waals surface area contributed by atoms with E-state index in [9.17, 15) is 13.6 Å². The van der Waals surface area contributed by atoms with E-state index in [0.717, 1.165) is 30.5 Å². The maximum atomic E-state index is 14.2. The highest BCUT2D eigenvalue weighted by Gasteiger charge is 2.40. The molecule has 2 atom stereocenters. The highest BCUT2D eigenvalue weighted by molar-refractivity contribution is 5.87. The van der Waals surface area contributed by atoms with Crippen molar-refractivity contribution >= 4 is 11.5 Å². The minimum atomic E-state index is -0.536. The van der Waals surface area contributed by atoms with E-state index in [-0.39, 0.29) is 30.0 Å². The quantitative estimate of drug-likeness (QED) is 0.911. The summed E-state index contributed by atoms with van der Waals surface area (Å²) in [6, 6.07) is 12.1. The first-order valence-corrected chi connectivity index (χ1v) is 8.81. The molecule has 0 saturated heterocycles. The zero-order valence-corrected chi connectivity index (χ0v) is 14.2. The van der Waals surface area contributed by atoms with E-state index in [1.54, 1.807) is 4.90 Å². The van der Waals surface area contributed by atoms with Gasteiger partial charge in [0, 0.05) is 12.1 Å². The summed E-state index contributed by atoms with van der Waals surface area (Å²) in [5.41, 5.74) is 7.86. The van der Waals surface area contributed by atoms with Gasteiger partial charge in [-0.05, 0) is 48.1 Å². The molecular formula is C21H20F2N2O. The normalized spacial score (nSPS) is 20.8. The molecule has 1 aliphatic heterocycles. The number of amides is 1. The van der Waals surface area contributed by atoms with Gasteiger partial charge in [0.2, 0.25) is 5.91 Å². The van der Waals surface area contributed by atoms with Crippen molar-refractivity contribution < 1.29 is 13.6 Å². The summed E-state index contributed by atoms with van der Waals surface area (Å²) in [5.74, 6) is -0.901. The lowest BCUT2D eigenvalue weighted by molar-refractivity contribution is -0.133. The van der Waals surface area contributed by atoms with Gasteiger partial charge < -0.3 is 10.6 Å². The van der Waals surface area contributed by atoms with Gasteiger partial charge in [-0.25, -0.2) is 8.78 Å². The van der Waals surface area contributed by atoms with Crippen LogP contribution in [0.15, 0.2) is 54.6 Å². The van der Waals surface area contributed by atoms with Crippen LogP contribution in [-0.2, 0) is 4.79 Å². The van der Waals surface area contributed by atoms with Crippen molar-refractivity contribution in [2.24, 2.45) is 11.7 Å². The fraction of sp³-hybridized carbons (Fsp3) is 0.286. The molecule has 3 nitrogen and oxygen atoms in total. The monoisotopic (exact) mass is 354 g/mol. The molecule has 2 aromatic rings. The van der Waals surface area contributed by atoms with Crippen LogP contribution >= 0.6 is 0 Å². The van der Waals surface area contributed by atoms with Gasteiger partial charge in [-0.1, -0.05) is 36.4 Å². The third kappa shape index (κ3) is 3.15. The van der Waals surface area contributed by atoms with Crippen molar-refractivity contribution in [1.29, 1.82) is 0 Å². The molecule has 1 saturated carbocycles. The van der Waals surface area contributed by atoms with Crippen LogP contribution < -0.4 is 5.73 Å². The molecule has 4 rings (SSSR count). The minimum Gasteiger partial charge on any atom is -0.326 e. The number of rotatable bonds is 4. The highest BCUT2D eigenvalue weighted by atomic mass is 19.1. The lowest BCUT2D eigenvalue weighted by Gasteiger charge is -2.28. The first-order valence-electron chi connectivity index (χ1n) is 8.81. The Labute approximate surface area is 151 Å². The zero-order valence-electron chi connectivity index (χ0n) is 14.2. The standard InChI is InChI=1S/C21H20F2N2O/c22-16-8-9-18(23)17(11-16)15-10-19(13-4-2-1-3-5-13)25(12-15)21(26)20(24)14-6-7-14/h1-5,8-11,14,19-20H,6-7,12,24H2. The first kappa shape index (κ1) is 16.9. The Morgan fingerprint density at radius 3 is 2.54 bits per heavy atom. The SMILES string of the molecule is NC(C(=O)N1CC(c2cc(F)ccc2F)=CC1c1ccccc1)C1CC1. The molecule has 0 radical (unpaired) electrons. The Morgan fingerprint density at radius 2 is 1.85 bits per heavy atom. The molecule has 1 fully saturated rings. The second kappa shape index (κ2) is 6.65. The van der Waals surface area contributed by atoms with Crippen LogP contribution in [0.4, 0.5) is 8.78 Å². The van der Waals surface area contributed by atoms with Crippen LogP contribution in [-0.4, -0.2) is 23.4 Å². The van der Waals surface area contributed by atoms with E-state index in [2.05, 4.69) is 0 Å². The number of benzene rings is 2. The summed E-state index contributed by atoms with van der Waals surface area (Å²) in [5, 5.41) is 0. The average Bonchev–Trinajstić information content (AvgIpc) is 3.41. The van der Waals surface area contributed by atoms with E-state index in [4.69, 9.17) is 5.73 Å². The topological polar surface area (TPSA) is 46.3 Å². The Bertz CT molecular complexity index is 862. The summed E-state index contributed by atoms with van der Waals surface area (Å²) < 4.78 is 27.9. The zero-order chi connectivity index (χ0) is 18.3. The number of carbonyl (C=O) groups is 1. The van der Waals surface area contributed by atoms with Crippen molar-refractivity contribution in [2.45, 2.75) is 24.9 Å². The minimum absolute atomic E-state index is 0.135. The molecule has 0 aromatic heterocycles. The smallest absolute Gasteiger partial charge is 0.240 e. The first-order chi connectivity index (χ1) is 12.5. The van der Waals surface area contributed by atoms with E-state index < -0.39 is 17.7 Å². The van der Waals surface area contributed by atoms with Gasteiger partial charge >= 0.3 is 0 Å². The van der Waals surface area contributed by atoms with E-state index in [0.29, 0.717) is 5.57 Å². The lowest BCUT2D eigenvalue weighted by Crippen LogP contribution is -2.45. The predicted octanol–water partition coefficient (Wildman–Crippen LogP) is 3.67. The summed E-state index contributed by atoms with van der Waals surface area (Å²) in [7, 11) is 0. The van der Waals surface area contributed by atoms with Gasteiger partial charge in [0.1, 0.15) is 11.6 Å². The maximum Gasteiger partial charge on any atom is 0.240 e. The second-order valence-electron chi connectivity index (χ2n) is 7.00. The molecule has 2 unspecified atom stereocenters. The summed E-state index contributed by atoms with van der Waals surface area (Å²) >= 11 is 0. The van der Waals surface area contributed by atoms with Crippen LogP contribution in [0.25, 0.3) is 5.57 Å². The number of hydrogen-bond acceptors (Lipinski definition) is 2. The van der Waals surface area contributed by atoms with Gasteiger partial charge in [0.05, 0.1) is 12.1 Å². The molecule has 1 heterocycles. The third-order valence-electron chi connectivity index (χ3n) is 5.15. The van der Waals surface area contributed by atoms with Crippen molar-refractivity contribution in [3.05, 3.63) is 77.4 Å². The Hall–Kier alpha value is -2.53. The van der Waals surface area contributed by atoms with Gasteiger partial charge in [0.15, 0.2) is 0 Å². The van der Waals surface area contributed by atoms with Crippen molar-refractivity contribution in [3.63, 3.8) is 0 Å². The van der Waals surface area contributed by atoms with Crippen LogP contribution in [0.2, 0.25) is 0 Å². The third-order valence-corrected chi connectivity index (χ3v) is 5.15. The average molecular weight is 354 g/mol. The van der Waals surface area contributed by atoms with Crippen molar-refractivity contribution in [1.82, 2.24) is 4.90 Å². The van der Waals surface area contributed by atoms with Crippen LogP contribution in [0.3, 0.4) is 0 Å². The van der Waals surface area contributed by atoms with Gasteiger partial charge in [0.25, 0.3) is 0 Å². The highest BCUT2D eigenvalue weighted by Crippen LogP contribution is 2.38. The molecule has 2 aromatic carbocycles. The molecular weight excluding hydrogens is 334 g/mol. The largest absolute Gasteiger partial charge is 0.326 e. The van der Waals surface area contributed by atoms with E-state index in [1.807, 2.05) is 36.4 Å². The summed E-state index contributed by atoms with van der Waals surface area (Å²) in [4.78, 5) is 14.6. The molecule has 2 N–H and O–H groups in total. The molecule has 26 heavy (non-hydrogen) atoms. The van der Waals surface area contributed by atoms with Crippen LogP contribution in [0.1, 0.15) is 30.0 Å². The number of halogens is 2. The van der Waals surface area contributed by atoms with Crippen molar-refractivity contribution in [2.75, 3.05) is 6.54 Å². The molecule has 0 spiro atoms. The Morgan fingerprint density at radius 1 is 1.12 bits per heavy atom. The van der Waals surface area contributed by atoms with Gasteiger partial charge in [-0.15, -0.1) is 0 Å². The molecule has 134 valence electrons. The number of hydrogen-bond donors (Lipinski definition) is 1. The van der Waals surface area contributed by atoms with Gasteiger partial charge in [-0.2, -0.15) is 0 Å². The second-order valence-corrected chi connectivity index (χ2v) is 7.00. The number of nitrogens with zero attached hydrogens (tertiary/aromatic N) is 1. The Balaban J connectivity index is 1.71. The van der Waals surface area contributed by atoms with Crippen LogP contribution in [0, 0.1) is 17.6 Å². The Kier molecular flexibility index (Phi) is 4.32. The predicted molar refractivity (Wildman–Crippen MR) is 95.9 cm³/mol. The van der Waals surface area contributed by atoms with Crippen molar-refractivity contribution in [3.8, 4) is 0 Å². The molecule has 5 heteroatoms. The molecule has 1 aliphatic carbocycles. The lowest BCUT2D eigenvalue weighted by atomic mass is 10.0. The van der Waals surface area contributed by atoms with Gasteiger partial charge in [-0.3, -0.25) is 4.79 Å². The number of carbonyl (C=O) groups excluding carboxylic acids is 1. The molecule has 0 bridgehead atoms. The summed E-state index contributed by atoms with van der Waals surface area (Å²) in [6.45, 7) is 0.221. The van der Waals surface area contributed by atoms with Crippen LogP contribution in [0.5, 0.6) is 0 Å². The summed E-state index contributed by atoms with van der Waals surface area (Å²) in [6.07, 6.45) is 3.77. The van der Waals surface area contributed by atoms with E-state index in [1.165, 1.54) is 6.07 Å². The fourth-order valence-electron chi connectivity index (χ4n) is 3.52. The maximum absolute atomic E-state index is 14.2. The molecule has 1 amide bonds. The molecule has 2 aliphatic rings. The number of nitrogens with two attached hydrogens (primary N) is 1.